The number of fused-ring (bicyclic) bond motifs is 1. The van der Waals surface area contributed by atoms with E-state index in [1.54, 1.807) is 18.2 Å². The van der Waals surface area contributed by atoms with Crippen molar-refractivity contribution in [3.63, 3.8) is 0 Å². The molecular formula is C11H12N2O5. The number of ether oxygens (including phenoxy) is 2. The molecule has 7 nitrogen and oxygen atoms in total. The molecule has 0 saturated heterocycles. The van der Waals surface area contributed by atoms with Crippen LogP contribution in [0, 0.1) is 0 Å². The number of rotatable bonds is 3. The summed E-state index contributed by atoms with van der Waals surface area (Å²) in [5.74, 6) is 0.0507. The average molecular weight is 252 g/mol. The van der Waals surface area contributed by atoms with E-state index in [1.807, 2.05) is 0 Å². The van der Waals surface area contributed by atoms with Crippen LogP contribution in [0.1, 0.15) is 6.92 Å². The second-order valence-corrected chi connectivity index (χ2v) is 3.73. The molecule has 1 aliphatic heterocycles. The molecule has 0 radical (unpaired) electrons. The zero-order chi connectivity index (χ0) is 13.1. The molecule has 0 aliphatic carbocycles. The Hall–Kier alpha value is -2.44. The zero-order valence-electron chi connectivity index (χ0n) is 9.60. The highest BCUT2D eigenvalue weighted by atomic mass is 16.7. The van der Waals surface area contributed by atoms with E-state index in [9.17, 15) is 9.59 Å². The van der Waals surface area contributed by atoms with Crippen LogP contribution in [0.25, 0.3) is 0 Å². The lowest BCUT2D eigenvalue weighted by atomic mass is 10.3. The molecule has 18 heavy (non-hydrogen) atoms. The van der Waals surface area contributed by atoms with Crippen LogP contribution in [-0.2, 0) is 4.79 Å². The highest BCUT2D eigenvalue weighted by Gasteiger charge is 2.16. The average Bonchev–Trinajstić information content (AvgIpc) is 2.75. The monoisotopic (exact) mass is 252 g/mol. The van der Waals surface area contributed by atoms with Crippen molar-refractivity contribution in [3.05, 3.63) is 18.2 Å². The summed E-state index contributed by atoms with van der Waals surface area (Å²) in [6.07, 6.45) is 0. The molecule has 1 aromatic carbocycles. The molecule has 0 aromatic heterocycles. The fourth-order valence-electron chi connectivity index (χ4n) is 1.40. The van der Waals surface area contributed by atoms with E-state index in [0.717, 1.165) is 0 Å². The Morgan fingerprint density at radius 3 is 2.78 bits per heavy atom. The summed E-state index contributed by atoms with van der Waals surface area (Å²) in [7, 11) is 0. The van der Waals surface area contributed by atoms with Crippen LogP contribution in [0.5, 0.6) is 11.5 Å². The Kier molecular flexibility index (Phi) is 3.22. The van der Waals surface area contributed by atoms with Gasteiger partial charge in [0.2, 0.25) is 6.79 Å². The van der Waals surface area contributed by atoms with Crippen molar-refractivity contribution < 1.29 is 24.2 Å². The maximum Gasteiger partial charge on any atom is 0.325 e. The minimum Gasteiger partial charge on any atom is -0.480 e. The van der Waals surface area contributed by atoms with Crippen molar-refractivity contribution in [3.8, 4) is 11.5 Å². The first-order chi connectivity index (χ1) is 8.56. The number of carbonyl (C=O) groups is 2. The molecule has 1 heterocycles. The van der Waals surface area contributed by atoms with Crippen LogP contribution in [0.4, 0.5) is 10.5 Å². The van der Waals surface area contributed by atoms with Crippen molar-refractivity contribution in [1.29, 1.82) is 0 Å². The van der Waals surface area contributed by atoms with Crippen LogP contribution in [0.2, 0.25) is 0 Å². The predicted molar refractivity (Wildman–Crippen MR) is 61.8 cm³/mol. The number of anilines is 1. The highest BCUT2D eigenvalue weighted by molar-refractivity contribution is 5.92. The maximum absolute atomic E-state index is 11.5. The molecule has 3 N–H and O–H groups in total. The summed E-state index contributed by atoms with van der Waals surface area (Å²) in [6.45, 7) is 1.53. The van der Waals surface area contributed by atoms with Gasteiger partial charge in [0.05, 0.1) is 0 Å². The molecule has 2 rings (SSSR count). The van der Waals surface area contributed by atoms with Gasteiger partial charge in [-0.1, -0.05) is 0 Å². The summed E-state index contributed by atoms with van der Waals surface area (Å²) < 4.78 is 10.3. The molecule has 96 valence electrons. The molecule has 2 amide bonds. The summed E-state index contributed by atoms with van der Waals surface area (Å²) in [5, 5.41) is 13.4. The number of hydrogen-bond acceptors (Lipinski definition) is 4. The number of hydrogen-bond donors (Lipinski definition) is 3. The SMILES string of the molecule is C[C@H](NC(=O)Nc1ccc2c(c1)OCO2)C(=O)O. The second-order valence-electron chi connectivity index (χ2n) is 3.73. The van der Waals surface area contributed by atoms with E-state index in [-0.39, 0.29) is 6.79 Å². The second kappa shape index (κ2) is 4.82. The van der Waals surface area contributed by atoms with Gasteiger partial charge in [-0.15, -0.1) is 0 Å². The van der Waals surface area contributed by atoms with Gasteiger partial charge in [-0.25, -0.2) is 4.79 Å². The zero-order valence-corrected chi connectivity index (χ0v) is 9.60. The first kappa shape index (κ1) is 12.0. The summed E-state index contributed by atoms with van der Waals surface area (Å²) in [6, 6.07) is 3.35. The topological polar surface area (TPSA) is 96.9 Å². The minimum absolute atomic E-state index is 0.154. The highest BCUT2D eigenvalue weighted by Crippen LogP contribution is 2.34. The van der Waals surface area contributed by atoms with Gasteiger partial charge in [-0.3, -0.25) is 4.79 Å². The number of urea groups is 1. The fraction of sp³-hybridized carbons (Fsp3) is 0.273. The number of carbonyl (C=O) groups excluding carboxylic acids is 1. The molecule has 1 aromatic rings. The number of nitrogens with one attached hydrogen (secondary N) is 2. The van der Waals surface area contributed by atoms with E-state index in [4.69, 9.17) is 14.6 Å². The molecule has 1 atom stereocenters. The van der Waals surface area contributed by atoms with Gasteiger partial charge in [-0.05, 0) is 19.1 Å². The first-order valence-electron chi connectivity index (χ1n) is 5.26. The van der Waals surface area contributed by atoms with Crippen LogP contribution in [-0.4, -0.2) is 29.9 Å². The normalized spacial score (nSPS) is 13.8. The van der Waals surface area contributed by atoms with Gasteiger partial charge in [0.25, 0.3) is 0 Å². The summed E-state index contributed by atoms with van der Waals surface area (Å²) in [5.41, 5.74) is 0.495. The smallest absolute Gasteiger partial charge is 0.325 e. The third kappa shape index (κ3) is 2.62. The summed E-state index contributed by atoms with van der Waals surface area (Å²) >= 11 is 0. The van der Waals surface area contributed by atoms with E-state index < -0.39 is 18.0 Å². The maximum atomic E-state index is 11.5. The van der Waals surface area contributed by atoms with Gasteiger partial charge in [0, 0.05) is 11.8 Å². The Bertz CT molecular complexity index is 488. The van der Waals surface area contributed by atoms with Crippen molar-refractivity contribution in [2.24, 2.45) is 0 Å². The molecule has 7 heteroatoms. The minimum atomic E-state index is -1.10. The molecule has 0 spiro atoms. The Labute approximate surface area is 103 Å². The number of amides is 2. The Morgan fingerprint density at radius 1 is 1.33 bits per heavy atom. The van der Waals surface area contributed by atoms with Crippen molar-refractivity contribution in [1.82, 2.24) is 5.32 Å². The third-order valence-corrected chi connectivity index (χ3v) is 2.35. The van der Waals surface area contributed by atoms with Crippen LogP contribution >= 0.6 is 0 Å². The van der Waals surface area contributed by atoms with E-state index in [1.165, 1.54) is 6.92 Å². The fourth-order valence-corrected chi connectivity index (χ4v) is 1.40. The van der Waals surface area contributed by atoms with Crippen molar-refractivity contribution in [2.45, 2.75) is 13.0 Å². The number of carboxylic acids is 1. The molecule has 1 aliphatic rings. The van der Waals surface area contributed by atoms with Gasteiger partial charge < -0.3 is 25.2 Å². The van der Waals surface area contributed by atoms with Crippen molar-refractivity contribution >= 4 is 17.7 Å². The predicted octanol–water partition coefficient (Wildman–Crippen LogP) is 1.01. The standard InChI is InChI=1S/C11H12N2O5/c1-6(10(14)15)12-11(16)13-7-2-3-8-9(4-7)18-5-17-8/h2-4,6H,5H2,1H3,(H,14,15)(H2,12,13,16)/t6-/m0/s1. The lowest BCUT2D eigenvalue weighted by Crippen LogP contribution is -2.40. The molecule has 0 saturated carbocycles. The van der Waals surface area contributed by atoms with Crippen LogP contribution < -0.4 is 20.1 Å². The third-order valence-electron chi connectivity index (χ3n) is 2.35. The van der Waals surface area contributed by atoms with Crippen LogP contribution in [0.3, 0.4) is 0 Å². The number of benzene rings is 1. The Balaban J connectivity index is 1.97. The quantitative estimate of drug-likeness (QED) is 0.746. The lowest BCUT2D eigenvalue weighted by Gasteiger charge is -2.10. The van der Waals surface area contributed by atoms with Gasteiger partial charge in [-0.2, -0.15) is 0 Å². The first-order valence-corrected chi connectivity index (χ1v) is 5.26. The largest absolute Gasteiger partial charge is 0.480 e. The molecule has 0 unspecified atom stereocenters. The van der Waals surface area contributed by atoms with Crippen molar-refractivity contribution in [2.75, 3.05) is 12.1 Å². The van der Waals surface area contributed by atoms with Gasteiger partial charge in [0.1, 0.15) is 6.04 Å². The summed E-state index contributed by atoms with van der Waals surface area (Å²) in [4.78, 5) is 22.0. The van der Waals surface area contributed by atoms with E-state index in [2.05, 4.69) is 10.6 Å². The van der Waals surface area contributed by atoms with E-state index >= 15 is 0 Å². The number of carboxylic acid groups (broad SMARTS) is 1. The molecule has 0 fully saturated rings. The van der Waals surface area contributed by atoms with E-state index in [0.29, 0.717) is 17.2 Å². The van der Waals surface area contributed by atoms with Gasteiger partial charge in [0.15, 0.2) is 11.5 Å². The van der Waals surface area contributed by atoms with Gasteiger partial charge >= 0.3 is 12.0 Å². The number of aliphatic carboxylic acids is 1. The lowest BCUT2D eigenvalue weighted by molar-refractivity contribution is -0.138. The Morgan fingerprint density at radius 2 is 2.06 bits per heavy atom. The van der Waals surface area contributed by atoms with Crippen LogP contribution in [0.15, 0.2) is 18.2 Å². The molecule has 0 bridgehead atoms. The molecular weight excluding hydrogens is 240 g/mol.